The monoisotopic (exact) mass is 404 g/mol. The molecule has 1 aromatic carbocycles. The van der Waals surface area contributed by atoms with Crippen LogP contribution in [0.2, 0.25) is 0 Å². The molecule has 1 fully saturated rings. The summed E-state index contributed by atoms with van der Waals surface area (Å²) in [5.41, 5.74) is 3.02. The van der Waals surface area contributed by atoms with E-state index in [1.807, 2.05) is 19.1 Å². The van der Waals surface area contributed by atoms with Crippen molar-refractivity contribution >= 4 is 10.0 Å². The van der Waals surface area contributed by atoms with Crippen LogP contribution in [0, 0.1) is 6.92 Å². The highest BCUT2D eigenvalue weighted by molar-refractivity contribution is 7.90. The first-order chi connectivity index (χ1) is 13.5. The Morgan fingerprint density at radius 2 is 2.07 bits per heavy atom. The molecule has 6 heteroatoms. The van der Waals surface area contributed by atoms with Gasteiger partial charge in [0.05, 0.1) is 0 Å². The van der Waals surface area contributed by atoms with Crippen molar-refractivity contribution < 1.29 is 13.2 Å². The second-order valence-corrected chi connectivity index (χ2v) is 10.4. The summed E-state index contributed by atoms with van der Waals surface area (Å²) in [4.78, 5) is 2.46. The minimum atomic E-state index is -3.49. The summed E-state index contributed by atoms with van der Waals surface area (Å²) >= 11 is 0. The molecule has 2 unspecified atom stereocenters. The van der Waals surface area contributed by atoms with Gasteiger partial charge in [-0.1, -0.05) is 29.3 Å². The Labute approximate surface area is 169 Å². The molecule has 3 aliphatic rings. The molecule has 0 aromatic heterocycles. The molecule has 0 amide bonds. The zero-order valence-corrected chi connectivity index (χ0v) is 17.6. The van der Waals surface area contributed by atoms with Gasteiger partial charge in [-0.25, -0.2) is 13.1 Å². The SMILES string of the molecule is Cc1ccc2c(c1)CCC(S(=O)(=O)NCC1CCCN1CC1=CCCCC1)O2. The molecule has 0 radical (unpaired) electrons. The first kappa shape index (κ1) is 19.9. The van der Waals surface area contributed by atoms with E-state index in [9.17, 15) is 8.42 Å². The lowest BCUT2D eigenvalue weighted by Gasteiger charge is -2.29. The van der Waals surface area contributed by atoms with Crippen LogP contribution in [0.25, 0.3) is 0 Å². The van der Waals surface area contributed by atoms with Gasteiger partial charge in [-0.05, 0) is 70.0 Å². The van der Waals surface area contributed by atoms with Crippen molar-refractivity contribution in [1.29, 1.82) is 0 Å². The van der Waals surface area contributed by atoms with Gasteiger partial charge in [-0.2, -0.15) is 0 Å². The number of aryl methyl sites for hydroxylation is 2. The molecule has 1 N–H and O–H groups in total. The average Bonchev–Trinajstić information content (AvgIpc) is 3.14. The van der Waals surface area contributed by atoms with E-state index in [0.717, 1.165) is 37.9 Å². The number of fused-ring (bicyclic) bond motifs is 1. The van der Waals surface area contributed by atoms with Crippen LogP contribution in [-0.2, 0) is 16.4 Å². The topological polar surface area (TPSA) is 58.6 Å². The van der Waals surface area contributed by atoms with Crippen molar-refractivity contribution in [2.45, 2.75) is 69.8 Å². The molecule has 0 spiro atoms. The van der Waals surface area contributed by atoms with Gasteiger partial charge in [0.1, 0.15) is 5.75 Å². The summed E-state index contributed by atoms with van der Waals surface area (Å²) in [5, 5.41) is 0. The van der Waals surface area contributed by atoms with Crippen molar-refractivity contribution in [2.75, 3.05) is 19.6 Å². The standard InChI is InChI=1S/C22H32N2O3S/c1-17-9-11-21-19(14-17)10-12-22(27-21)28(25,26)23-15-20-8-5-13-24(20)16-18-6-3-2-4-7-18/h6,9,11,14,20,22-23H,2-5,7-8,10,12-13,15-16H2,1H3. The Bertz CT molecular complexity index is 834. The number of nitrogens with zero attached hydrogens (tertiary/aromatic N) is 1. The first-order valence-electron chi connectivity index (χ1n) is 10.7. The summed E-state index contributed by atoms with van der Waals surface area (Å²) in [6.45, 7) is 4.59. The minimum Gasteiger partial charge on any atom is -0.473 e. The number of hydrogen-bond donors (Lipinski definition) is 1. The fraction of sp³-hybridized carbons (Fsp3) is 0.636. The maximum Gasteiger partial charge on any atom is 0.249 e. The molecule has 2 atom stereocenters. The molecule has 2 aliphatic heterocycles. The maximum absolute atomic E-state index is 12.8. The van der Waals surface area contributed by atoms with Gasteiger partial charge >= 0.3 is 0 Å². The number of sulfonamides is 1. The van der Waals surface area contributed by atoms with Crippen LogP contribution in [0.5, 0.6) is 5.75 Å². The molecule has 5 nitrogen and oxygen atoms in total. The fourth-order valence-corrected chi connectivity index (χ4v) is 5.93. The Balaban J connectivity index is 1.34. The van der Waals surface area contributed by atoms with Crippen LogP contribution >= 0.6 is 0 Å². The van der Waals surface area contributed by atoms with Crippen molar-refractivity contribution in [3.63, 3.8) is 0 Å². The van der Waals surface area contributed by atoms with Gasteiger partial charge in [0.25, 0.3) is 0 Å². The third-order valence-corrected chi connectivity index (χ3v) is 7.87. The highest BCUT2D eigenvalue weighted by atomic mass is 32.2. The lowest BCUT2D eigenvalue weighted by atomic mass is 9.99. The molecule has 1 saturated heterocycles. The molecule has 2 heterocycles. The zero-order chi connectivity index (χ0) is 19.6. The van der Waals surface area contributed by atoms with Gasteiger partial charge in [0.15, 0.2) is 0 Å². The van der Waals surface area contributed by atoms with Crippen LogP contribution in [0.3, 0.4) is 0 Å². The fourth-order valence-electron chi connectivity index (χ4n) is 4.66. The number of ether oxygens (including phenoxy) is 1. The molecular weight excluding hydrogens is 372 g/mol. The molecule has 0 saturated carbocycles. The van der Waals surface area contributed by atoms with Crippen molar-refractivity contribution in [2.24, 2.45) is 0 Å². The summed E-state index contributed by atoms with van der Waals surface area (Å²) in [7, 11) is -3.49. The number of benzene rings is 1. The Morgan fingerprint density at radius 1 is 1.18 bits per heavy atom. The predicted molar refractivity (Wildman–Crippen MR) is 112 cm³/mol. The van der Waals surface area contributed by atoms with E-state index in [4.69, 9.17) is 4.74 Å². The lowest BCUT2D eigenvalue weighted by Crippen LogP contribution is -2.46. The third kappa shape index (κ3) is 4.61. The number of allylic oxidation sites excluding steroid dienone is 1. The normalized spacial score (nSPS) is 25.8. The Hall–Kier alpha value is -1.37. The van der Waals surface area contributed by atoms with Crippen LogP contribution in [0.1, 0.15) is 56.1 Å². The molecule has 4 rings (SSSR count). The summed E-state index contributed by atoms with van der Waals surface area (Å²) in [5.74, 6) is 0.707. The highest BCUT2D eigenvalue weighted by Crippen LogP contribution is 2.30. The van der Waals surface area contributed by atoms with E-state index in [1.165, 1.54) is 36.8 Å². The summed E-state index contributed by atoms with van der Waals surface area (Å²) < 4.78 is 34.4. The number of rotatable bonds is 6. The highest BCUT2D eigenvalue weighted by Gasteiger charge is 2.33. The molecule has 1 aliphatic carbocycles. The molecule has 0 bridgehead atoms. The van der Waals surface area contributed by atoms with Gasteiger partial charge in [-0.15, -0.1) is 0 Å². The van der Waals surface area contributed by atoms with Crippen LogP contribution in [0.15, 0.2) is 29.8 Å². The van der Waals surface area contributed by atoms with Gasteiger partial charge < -0.3 is 4.74 Å². The van der Waals surface area contributed by atoms with Crippen molar-refractivity contribution in [3.05, 3.63) is 41.0 Å². The van der Waals surface area contributed by atoms with Gasteiger partial charge in [0, 0.05) is 25.6 Å². The second-order valence-electron chi connectivity index (χ2n) is 8.47. The van der Waals surface area contributed by atoms with Gasteiger partial charge in [0.2, 0.25) is 15.5 Å². The molecular formula is C22H32N2O3S. The smallest absolute Gasteiger partial charge is 0.249 e. The van der Waals surface area contributed by atoms with E-state index in [2.05, 4.69) is 21.8 Å². The van der Waals surface area contributed by atoms with E-state index in [1.54, 1.807) is 0 Å². The number of likely N-dealkylation sites (tertiary alicyclic amines) is 1. The largest absolute Gasteiger partial charge is 0.473 e. The van der Waals surface area contributed by atoms with Crippen LogP contribution < -0.4 is 9.46 Å². The lowest BCUT2D eigenvalue weighted by molar-refractivity contribution is 0.237. The minimum absolute atomic E-state index is 0.288. The zero-order valence-electron chi connectivity index (χ0n) is 16.8. The van der Waals surface area contributed by atoms with Crippen molar-refractivity contribution in [1.82, 2.24) is 9.62 Å². The van der Waals surface area contributed by atoms with Crippen molar-refractivity contribution in [3.8, 4) is 5.75 Å². The quantitative estimate of drug-likeness (QED) is 0.737. The third-order valence-electron chi connectivity index (χ3n) is 6.28. The average molecular weight is 405 g/mol. The number of nitrogens with one attached hydrogen (secondary N) is 1. The van der Waals surface area contributed by atoms with Gasteiger partial charge in [-0.3, -0.25) is 4.90 Å². The van der Waals surface area contributed by atoms with E-state index in [-0.39, 0.29) is 6.04 Å². The first-order valence-corrected chi connectivity index (χ1v) is 12.2. The second kappa shape index (κ2) is 8.56. The Morgan fingerprint density at radius 3 is 2.89 bits per heavy atom. The molecule has 1 aromatic rings. The van der Waals surface area contributed by atoms with E-state index in [0.29, 0.717) is 18.7 Å². The van der Waals surface area contributed by atoms with E-state index < -0.39 is 15.5 Å². The van der Waals surface area contributed by atoms with Crippen LogP contribution in [0.4, 0.5) is 0 Å². The van der Waals surface area contributed by atoms with Crippen LogP contribution in [-0.4, -0.2) is 44.4 Å². The Kier molecular flexibility index (Phi) is 6.09. The van der Waals surface area contributed by atoms with E-state index >= 15 is 0 Å². The predicted octanol–water partition coefficient (Wildman–Crippen LogP) is 3.53. The number of hydrogen-bond acceptors (Lipinski definition) is 4. The molecule has 154 valence electrons. The maximum atomic E-state index is 12.8. The molecule has 28 heavy (non-hydrogen) atoms. The summed E-state index contributed by atoms with van der Waals surface area (Å²) in [6.07, 6.45) is 10.8. The summed E-state index contributed by atoms with van der Waals surface area (Å²) in [6, 6.07) is 6.24.